The third-order valence-corrected chi connectivity index (χ3v) is 14.3. The van der Waals surface area contributed by atoms with Crippen LogP contribution >= 0.6 is 45.1 Å². The van der Waals surface area contributed by atoms with Crippen molar-refractivity contribution in [2.75, 3.05) is 63.9 Å². The van der Waals surface area contributed by atoms with Gasteiger partial charge in [-0.05, 0) is 50.6 Å². The molecule has 1 aliphatic rings. The second-order valence-corrected chi connectivity index (χ2v) is 22.5. The summed E-state index contributed by atoms with van der Waals surface area (Å²) in [6.07, 6.45) is 0.347. The largest absolute Gasteiger partial charge is 0.490 e. The van der Waals surface area contributed by atoms with Gasteiger partial charge < -0.3 is 59.6 Å². The number of ether oxygens (including phenoxy) is 5. The highest BCUT2D eigenvalue weighted by Crippen LogP contribution is 2.66. The zero-order valence-electron chi connectivity index (χ0n) is 31.0. The third-order valence-electron chi connectivity index (χ3n) is 6.76. The lowest BCUT2D eigenvalue weighted by Gasteiger charge is -2.22. The summed E-state index contributed by atoms with van der Waals surface area (Å²) in [5.41, 5.74) is 5.12. The zero-order valence-corrected chi connectivity index (χ0v) is 37.0. The molecular formula is C27H46N5O18P3S4. The van der Waals surface area contributed by atoms with E-state index in [1.807, 2.05) is 13.8 Å². The molecule has 2 rings (SSSR count). The second-order valence-electron chi connectivity index (χ2n) is 12.0. The summed E-state index contributed by atoms with van der Waals surface area (Å²) >= 11 is 5.14. The van der Waals surface area contributed by atoms with Gasteiger partial charge >= 0.3 is 41.3 Å². The Morgan fingerprint density at radius 1 is 1.12 bits per heavy atom. The van der Waals surface area contributed by atoms with Crippen LogP contribution in [0.1, 0.15) is 51.3 Å². The molecule has 0 bridgehead atoms. The van der Waals surface area contributed by atoms with Crippen LogP contribution in [0.25, 0.3) is 0 Å². The van der Waals surface area contributed by atoms with E-state index in [0.29, 0.717) is 38.4 Å². The van der Waals surface area contributed by atoms with Crippen LogP contribution in [-0.4, -0.2) is 116 Å². The van der Waals surface area contributed by atoms with Crippen molar-refractivity contribution in [2.45, 2.75) is 62.7 Å². The fourth-order valence-electron chi connectivity index (χ4n) is 4.19. The fraction of sp³-hybridized carbons (Fsp3) is 0.704. The number of amides is 2. The maximum atomic E-state index is 12.8. The van der Waals surface area contributed by atoms with E-state index in [1.165, 1.54) is 13.2 Å². The van der Waals surface area contributed by atoms with Crippen LogP contribution in [0.5, 0.6) is 0 Å². The number of nitrogens with zero attached hydrogens (tertiary/aromatic N) is 2. The number of carbonyl (C=O) groups excluding carboxylic acids is 2. The van der Waals surface area contributed by atoms with Crippen LogP contribution in [0.3, 0.4) is 0 Å². The van der Waals surface area contributed by atoms with E-state index in [1.54, 1.807) is 27.8 Å². The van der Waals surface area contributed by atoms with Crippen LogP contribution in [0.4, 0.5) is 15.4 Å². The van der Waals surface area contributed by atoms with Crippen molar-refractivity contribution in [3.8, 4) is 11.8 Å². The summed E-state index contributed by atoms with van der Waals surface area (Å²) in [5.74, 6) is 5.64. The first-order valence-corrected chi connectivity index (χ1v) is 25.9. The second kappa shape index (κ2) is 24.6. The van der Waals surface area contributed by atoms with Crippen molar-refractivity contribution in [3.05, 3.63) is 22.2 Å². The maximum absolute atomic E-state index is 12.8. The SMILES string of the molecule is CNC(=O)OCCC(C)(C)SSCOCCCCOC(=O)NCC#Cc1cn([C@H]2C[C@@H](OCS(C)=S)[C@@H](COP(=O)(O)OP(=O)(O)OP(=O)(O)O)O2)c(=O)nc1N. The van der Waals surface area contributed by atoms with E-state index in [-0.39, 0.29) is 41.6 Å². The highest BCUT2D eigenvalue weighted by atomic mass is 33.1. The molecule has 3 unspecified atom stereocenters. The number of unbranched alkanes of at least 4 members (excludes halogenated alkanes) is 1. The highest BCUT2D eigenvalue weighted by molar-refractivity contribution is 8.77. The van der Waals surface area contributed by atoms with E-state index in [0.717, 1.165) is 4.57 Å². The van der Waals surface area contributed by atoms with Crippen molar-refractivity contribution < 1.29 is 79.7 Å². The molecule has 0 aromatic carbocycles. The van der Waals surface area contributed by atoms with Crippen LogP contribution in [0, 0.1) is 11.8 Å². The fourth-order valence-corrected chi connectivity index (χ4v) is 10.0. The van der Waals surface area contributed by atoms with Crippen LogP contribution < -0.4 is 22.1 Å². The van der Waals surface area contributed by atoms with Gasteiger partial charge in [0.1, 0.15) is 24.1 Å². The van der Waals surface area contributed by atoms with Gasteiger partial charge in [0, 0.05) is 31.0 Å². The van der Waals surface area contributed by atoms with Crippen LogP contribution in [0.15, 0.2) is 11.0 Å². The number of anilines is 1. The van der Waals surface area contributed by atoms with E-state index >= 15 is 0 Å². The van der Waals surface area contributed by atoms with Crippen molar-refractivity contribution in [1.29, 1.82) is 0 Å². The average Bonchev–Trinajstić information content (AvgIpc) is 3.49. The summed E-state index contributed by atoms with van der Waals surface area (Å²) in [4.78, 5) is 76.5. The minimum Gasteiger partial charge on any atom is -0.450 e. The van der Waals surface area contributed by atoms with Crippen molar-refractivity contribution in [3.63, 3.8) is 0 Å². The standard InChI is InChI=1S/C27H46N5O18P3S4/c1-27(2,9-13-45-25(34)29-3)56-55-17-43-11-5-6-12-44-26(35)30-10-7-8-19-15-32(24(33)31-23(19)28)22-14-20(46-18-57(4)54)21(48-22)16-47-52(39,40)50-53(41,42)49-51(36,37)38/h15,20-22H,5-6,9-14,16-18H2,1-4H3,(H,29,34)(H,30,35)(H,39,40)(H,41,42)(H2,28,31,33)(H2,36,37,38)/t20-,21-,22-,57?/m1/s1. The Morgan fingerprint density at radius 3 is 2.47 bits per heavy atom. The highest BCUT2D eigenvalue weighted by Gasteiger charge is 2.43. The first kappa shape index (κ1) is 51.5. The van der Waals surface area contributed by atoms with Gasteiger partial charge in [-0.25, -0.2) is 28.1 Å². The third kappa shape index (κ3) is 22.0. The molecule has 8 N–H and O–H groups in total. The normalized spacial score (nSPS) is 19.7. The molecule has 2 amide bonds. The predicted octanol–water partition coefficient (Wildman–Crippen LogP) is 2.25. The molecule has 23 nitrogen and oxygen atoms in total. The number of hydrogen-bond acceptors (Lipinski definition) is 19. The summed E-state index contributed by atoms with van der Waals surface area (Å²) in [6, 6.07) is 0. The smallest absolute Gasteiger partial charge is 0.450 e. The van der Waals surface area contributed by atoms with Gasteiger partial charge in [-0.15, -0.1) is 0 Å². The molecule has 57 heavy (non-hydrogen) atoms. The molecular weight excluding hydrogens is 904 g/mol. The molecule has 6 atom stereocenters. The molecule has 1 aliphatic heterocycles. The van der Waals surface area contributed by atoms with Gasteiger partial charge in [-0.3, -0.25) is 9.09 Å². The summed E-state index contributed by atoms with van der Waals surface area (Å²) in [7, 11) is -12.8. The number of hydrogen-bond donors (Lipinski definition) is 7. The molecule has 2 heterocycles. The van der Waals surface area contributed by atoms with E-state index in [9.17, 15) is 37.9 Å². The monoisotopic (exact) mass is 949 g/mol. The minimum atomic E-state index is -5.76. The number of alkyl carbamates (subject to hydrolysis) is 2. The Labute approximate surface area is 342 Å². The molecule has 326 valence electrons. The van der Waals surface area contributed by atoms with Crippen LogP contribution in [-0.2, 0) is 71.2 Å². The molecule has 1 aromatic heterocycles. The van der Waals surface area contributed by atoms with Crippen molar-refractivity contribution in [1.82, 2.24) is 20.2 Å². The molecule has 1 fully saturated rings. The van der Waals surface area contributed by atoms with Crippen molar-refractivity contribution in [2.24, 2.45) is 0 Å². The quantitative estimate of drug-likeness (QED) is 0.0257. The maximum Gasteiger partial charge on any atom is 0.490 e. The first-order valence-electron chi connectivity index (χ1n) is 16.4. The lowest BCUT2D eigenvalue weighted by atomic mass is 10.1. The molecule has 1 saturated heterocycles. The number of aromatic nitrogens is 2. The molecule has 0 spiro atoms. The molecule has 1 aromatic rings. The molecule has 0 saturated carbocycles. The Hall–Kier alpha value is -1.66. The number of phosphoric acid groups is 3. The number of carbonyl (C=O) groups is 2. The van der Waals surface area contributed by atoms with E-state index in [2.05, 4.69) is 36.1 Å². The Morgan fingerprint density at radius 2 is 1.81 bits per heavy atom. The number of nitrogens with two attached hydrogens (primary N) is 1. The average molecular weight is 950 g/mol. The lowest BCUT2D eigenvalue weighted by Crippen LogP contribution is -2.30. The number of nitrogens with one attached hydrogen (secondary N) is 2. The number of nitrogen functional groups attached to an aromatic ring is 1. The van der Waals surface area contributed by atoms with Gasteiger partial charge in [-0.2, -0.15) is 13.6 Å². The van der Waals surface area contributed by atoms with Gasteiger partial charge in [0.15, 0.2) is 0 Å². The summed E-state index contributed by atoms with van der Waals surface area (Å²) in [5, 5.41) is 4.86. The number of rotatable bonds is 24. The first-order chi connectivity index (χ1) is 26.5. The summed E-state index contributed by atoms with van der Waals surface area (Å²) in [6.45, 7) is 4.03. The number of phosphoric ester groups is 1. The zero-order chi connectivity index (χ0) is 42.9. The molecule has 0 aliphatic carbocycles. The topological polar surface area (TPSA) is 325 Å². The Bertz CT molecular complexity index is 1790. The predicted molar refractivity (Wildman–Crippen MR) is 212 cm³/mol. The minimum absolute atomic E-state index is 0.0381. The van der Waals surface area contributed by atoms with E-state index < -0.39 is 75.8 Å². The molecule has 30 heteroatoms. The molecule has 0 radical (unpaired) electrons. The van der Waals surface area contributed by atoms with Gasteiger partial charge in [0.25, 0.3) is 0 Å². The van der Waals surface area contributed by atoms with Crippen molar-refractivity contribution >= 4 is 83.7 Å². The Balaban J connectivity index is 1.85. The Kier molecular flexibility index (Phi) is 22.2. The van der Waals surface area contributed by atoms with E-state index in [4.69, 9.17) is 54.9 Å². The lowest BCUT2D eigenvalue weighted by molar-refractivity contribution is -0.0544. The summed E-state index contributed by atoms with van der Waals surface area (Å²) < 4.78 is 75.2. The van der Waals surface area contributed by atoms with Crippen LogP contribution in [0.2, 0.25) is 0 Å². The van der Waals surface area contributed by atoms with Gasteiger partial charge in [-0.1, -0.05) is 42.9 Å². The van der Waals surface area contributed by atoms with Gasteiger partial charge in [0.2, 0.25) is 0 Å². The van der Waals surface area contributed by atoms with Gasteiger partial charge in [0.05, 0.1) is 44.0 Å².